The lowest BCUT2D eigenvalue weighted by Crippen LogP contribution is -2.01. The van der Waals surface area contributed by atoms with E-state index < -0.39 is 0 Å². The Morgan fingerprint density at radius 2 is 1.55 bits per heavy atom. The second-order valence-electron chi connectivity index (χ2n) is 5.43. The fourth-order valence-electron chi connectivity index (χ4n) is 2.39. The van der Waals surface area contributed by atoms with Crippen LogP contribution in [0.3, 0.4) is 0 Å². The van der Waals surface area contributed by atoms with Gasteiger partial charge in [-0.05, 0) is 19.4 Å². The SMILES string of the molecule is Cc1ccc(Cc2c(C)nc(-c3ccccc3)nc2Cl)cc1. The molecule has 1 aromatic heterocycles. The fourth-order valence-corrected chi connectivity index (χ4v) is 2.67. The molecule has 3 heteroatoms. The van der Waals surface area contributed by atoms with E-state index in [4.69, 9.17) is 11.6 Å². The molecule has 0 aliphatic rings. The van der Waals surface area contributed by atoms with Crippen LogP contribution in [0, 0.1) is 13.8 Å². The maximum atomic E-state index is 6.41. The second kappa shape index (κ2) is 6.29. The Bertz CT molecular complexity index is 757. The average molecular weight is 309 g/mol. The number of hydrogen-bond acceptors (Lipinski definition) is 2. The van der Waals surface area contributed by atoms with Gasteiger partial charge in [0.15, 0.2) is 5.82 Å². The van der Waals surface area contributed by atoms with Gasteiger partial charge in [0.1, 0.15) is 5.15 Å². The fraction of sp³-hybridized carbons (Fsp3) is 0.158. The Labute approximate surface area is 135 Å². The summed E-state index contributed by atoms with van der Waals surface area (Å²) in [5.74, 6) is 0.677. The molecule has 0 aliphatic heterocycles. The average Bonchev–Trinajstić information content (AvgIpc) is 2.53. The summed E-state index contributed by atoms with van der Waals surface area (Å²) in [6, 6.07) is 18.4. The first-order valence-electron chi connectivity index (χ1n) is 7.27. The van der Waals surface area contributed by atoms with E-state index in [1.807, 2.05) is 37.3 Å². The van der Waals surface area contributed by atoms with Gasteiger partial charge in [0, 0.05) is 23.2 Å². The van der Waals surface area contributed by atoms with Crippen molar-refractivity contribution in [3.8, 4) is 11.4 Å². The van der Waals surface area contributed by atoms with Crippen molar-refractivity contribution in [1.29, 1.82) is 0 Å². The summed E-state index contributed by atoms with van der Waals surface area (Å²) >= 11 is 6.41. The highest BCUT2D eigenvalue weighted by Crippen LogP contribution is 2.24. The predicted octanol–water partition coefficient (Wildman–Crippen LogP) is 5.00. The molecule has 0 amide bonds. The number of halogens is 1. The number of rotatable bonds is 3. The molecule has 2 nitrogen and oxygen atoms in total. The molecule has 0 aliphatic carbocycles. The Kier molecular flexibility index (Phi) is 4.21. The van der Waals surface area contributed by atoms with Crippen LogP contribution in [0.1, 0.15) is 22.4 Å². The predicted molar refractivity (Wildman–Crippen MR) is 91.2 cm³/mol. The standard InChI is InChI=1S/C19H17ClN2/c1-13-8-10-15(11-9-13)12-17-14(2)21-19(22-18(17)20)16-6-4-3-5-7-16/h3-11H,12H2,1-2H3. The van der Waals surface area contributed by atoms with E-state index in [2.05, 4.69) is 41.2 Å². The summed E-state index contributed by atoms with van der Waals surface area (Å²) < 4.78 is 0. The van der Waals surface area contributed by atoms with Gasteiger partial charge in [0.2, 0.25) is 0 Å². The molecule has 3 aromatic rings. The normalized spacial score (nSPS) is 10.7. The summed E-state index contributed by atoms with van der Waals surface area (Å²) in [6.07, 6.45) is 0.750. The van der Waals surface area contributed by atoms with Gasteiger partial charge in [0.25, 0.3) is 0 Å². The summed E-state index contributed by atoms with van der Waals surface area (Å²) in [5, 5.41) is 0.534. The minimum atomic E-state index is 0.534. The Hall–Kier alpha value is -2.19. The molecule has 0 fully saturated rings. The largest absolute Gasteiger partial charge is 0.233 e. The van der Waals surface area contributed by atoms with Crippen LogP contribution < -0.4 is 0 Å². The van der Waals surface area contributed by atoms with Crippen LogP contribution in [0.15, 0.2) is 54.6 Å². The molecule has 22 heavy (non-hydrogen) atoms. The lowest BCUT2D eigenvalue weighted by molar-refractivity contribution is 1.02. The lowest BCUT2D eigenvalue weighted by atomic mass is 10.0. The molecular weight excluding hydrogens is 292 g/mol. The highest BCUT2D eigenvalue weighted by atomic mass is 35.5. The van der Waals surface area contributed by atoms with Gasteiger partial charge in [-0.25, -0.2) is 9.97 Å². The zero-order valence-corrected chi connectivity index (χ0v) is 13.4. The summed E-state index contributed by atoms with van der Waals surface area (Å²) in [7, 11) is 0. The minimum absolute atomic E-state index is 0.534. The van der Waals surface area contributed by atoms with Crippen molar-refractivity contribution in [2.24, 2.45) is 0 Å². The van der Waals surface area contributed by atoms with Gasteiger partial charge in [-0.1, -0.05) is 71.8 Å². The van der Waals surface area contributed by atoms with Gasteiger partial charge < -0.3 is 0 Å². The molecule has 0 spiro atoms. The van der Waals surface area contributed by atoms with E-state index >= 15 is 0 Å². The number of aryl methyl sites for hydroxylation is 2. The number of aromatic nitrogens is 2. The van der Waals surface area contributed by atoms with Crippen LogP contribution in [0.25, 0.3) is 11.4 Å². The highest BCUT2D eigenvalue weighted by Gasteiger charge is 2.11. The van der Waals surface area contributed by atoms with Crippen LogP contribution in [0.2, 0.25) is 5.15 Å². The second-order valence-corrected chi connectivity index (χ2v) is 5.79. The van der Waals surface area contributed by atoms with Crippen molar-refractivity contribution >= 4 is 11.6 Å². The van der Waals surface area contributed by atoms with Gasteiger partial charge in [-0.2, -0.15) is 0 Å². The maximum Gasteiger partial charge on any atom is 0.161 e. The zero-order chi connectivity index (χ0) is 15.5. The molecule has 0 atom stereocenters. The molecule has 110 valence electrons. The van der Waals surface area contributed by atoms with Crippen LogP contribution in [0.5, 0.6) is 0 Å². The van der Waals surface area contributed by atoms with Crippen LogP contribution in [-0.2, 0) is 6.42 Å². The Morgan fingerprint density at radius 1 is 0.864 bits per heavy atom. The van der Waals surface area contributed by atoms with Gasteiger partial charge in [-0.3, -0.25) is 0 Å². The van der Waals surface area contributed by atoms with Gasteiger partial charge in [0.05, 0.1) is 0 Å². The molecule has 0 radical (unpaired) electrons. The maximum absolute atomic E-state index is 6.41. The van der Waals surface area contributed by atoms with Crippen molar-refractivity contribution in [2.45, 2.75) is 20.3 Å². The number of benzene rings is 2. The lowest BCUT2D eigenvalue weighted by Gasteiger charge is -2.10. The van der Waals surface area contributed by atoms with Crippen molar-refractivity contribution in [3.63, 3.8) is 0 Å². The summed E-state index contributed by atoms with van der Waals surface area (Å²) in [6.45, 7) is 4.07. The van der Waals surface area contributed by atoms with Gasteiger partial charge in [-0.15, -0.1) is 0 Å². The van der Waals surface area contributed by atoms with E-state index in [1.165, 1.54) is 11.1 Å². The van der Waals surface area contributed by atoms with Crippen molar-refractivity contribution in [2.75, 3.05) is 0 Å². The third-order valence-corrected chi connectivity index (χ3v) is 4.01. The third kappa shape index (κ3) is 3.18. The third-order valence-electron chi connectivity index (χ3n) is 3.70. The van der Waals surface area contributed by atoms with E-state index in [0.717, 1.165) is 23.2 Å². The van der Waals surface area contributed by atoms with Crippen molar-refractivity contribution in [3.05, 3.63) is 82.1 Å². The number of nitrogens with zero attached hydrogens (tertiary/aromatic N) is 2. The van der Waals surface area contributed by atoms with E-state index in [0.29, 0.717) is 11.0 Å². The van der Waals surface area contributed by atoms with Crippen molar-refractivity contribution in [1.82, 2.24) is 9.97 Å². The van der Waals surface area contributed by atoms with E-state index in [-0.39, 0.29) is 0 Å². The first-order chi connectivity index (χ1) is 10.6. The van der Waals surface area contributed by atoms with Crippen molar-refractivity contribution < 1.29 is 0 Å². The Morgan fingerprint density at radius 3 is 2.18 bits per heavy atom. The summed E-state index contributed by atoms with van der Waals surface area (Å²) in [4.78, 5) is 9.09. The molecule has 0 bridgehead atoms. The summed E-state index contributed by atoms with van der Waals surface area (Å²) in [5.41, 5.74) is 5.37. The molecule has 0 unspecified atom stereocenters. The first kappa shape index (κ1) is 14.7. The monoisotopic (exact) mass is 308 g/mol. The van der Waals surface area contributed by atoms with Gasteiger partial charge >= 0.3 is 0 Å². The highest BCUT2D eigenvalue weighted by molar-refractivity contribution is 6.30. The van der Waals surface area contributed by atoms with Crippen LogP contribution in [0.4, 0.5) is 0 Å². The molecule has 2 aromatic carbocycles. The van der Waals surface area contributed by atoms with Crippen LogP contribution in [-0.4, -0.2) is 9.97 Å². The number of hydrogen-bond donors (Lipinski definition) is 0. The quantitative estimate of drug-likeness (QED) is 0.636. The molecule has 0 saturated carbocycles. The molecule has 1 heterocycles. The smallest absolute Gasteiger partial charge is 0.161 e. The molecule has 3 rings (SSSR count). The van der Waals surface area contributed by atoms with E-state index in [9.17, 15) is 0 Å². The van der Waals surface area contributed by atoms with E-state index in [1.54, 1.807) is 0 Å². The first-order valence-corrected chi connectivity index (χ1v) is 7.65. The van der Waals surface area contributed by atoms with Crippen LogP contribution >= 0.6 is 11.6 Å². The minimum Gasteiger partial charge on any atom is -0.233 e. The molecule has 0 saturated heterocycles. The Balaban J connectivity index is 1.95. The molecule has 0 N–H and O–H groups in total. The zero-order valence-electron chi connectivity index (χ0n) is 12.7. The molecular formula is C19H17ClN2. The topological polar surface area (TPSA) is 25.8 Å².